The van der Waals surface area contributed by atoms with Gasteiger partial charge in [0.25, 0.3) is 0 Å². The van der Waals surface area contributed by atoms with E-state index in [1.807, 2.05) is 6.92 Å². The molecule has 4 N–H and O–H groups in total. The Hall–Kier alpha value is -1.76. The van der Waals surface area contributed by atoms with E-state index in [1.165, 1.54) is 4.90 Å². The highest BCUT2D eigenvalue weighted by Gasteiger charge is 2.12. The number of amides is 2. The minimum atomic E-state index is -0.261. The third kappa shape index (κ3) is 3.36. The van der Waals surface area contributed by atoms with Gasteiger partial charge in [-0.2, -0.15) is 0 Å². The number of hydrogen-bond donors (Lipinski definition) is 3. The first-order valence-corrected chi connectivity index (χ1v) is 6.08. The fraction of sp³-hybridized carbons (Fsp3) is 0.273. The number of halogens is 1. The zero-order chi connectivity index (χ0) is 13.7. The lowest BCUT2D eigenvalue weighted by Crippen LogP contribution is -2.31. The molecule has 18 heavy (non-hydrogen) atoms. The molecule has 0 bridgehead atoms. The number of oxime groups is 1. The molecule has 2 amide bonds. The molecule has 0 spiro atoms. The summed E-state index contributed by atoms with van der Waals surface area (Å²) < 4.78 is 0.784. The van der Waals surface area contributed by atoms with Crippen LogP contribution in [0.5, 0.6) is 0 Å². The van der Waals surface area contributed by atoms with Crippen molar-refractivity contribution < 1.29 is 10.0 Å². The number of nitrogens with one attached hydrogen (secondary N) is 1. The smallest absolute Gasteiger partial charge is 0.321 e. The summed E-state index contributed by atoms with van der Waals surface area (Å²) in [6, 6.07) is 4.82. The summed E-state index contributed by atoms with van der Waals surface area (Å²) in [5, 5.41) is 14.3. The Morgan fingerprint density at radius 1 is 1.61 bits per heavy atom. The standard InChI is InChI=1S/C11H15BrN4O2/c1-3-16(2)11(17)14-9-6-7(12)4-5-8(9)10(13)15-18/h4-6,18H,3H2,1-2H3,(H2,13,15)(H,14,17). The van der Waals surface area contributed by atoms with Gasteiger partial charge in [-0.1, -0.05) is 21.1 Å². The van der Waals surface area contributed by atoms with E-state index in [4.69, 9.17) is 10.9 Å². The van der Waals surface area contributed by atoms with Crippen molar-refractivity contribution in [3.8, 4) is 0 Å². The Bertz CT molecular complexity index is 476. The molecule has 0 saturated carbocycles. The number of benzene rings is 1. The second kappa shape index (κ2) is 6.25. The highest BCUT2D eigenvalue weighted by atomic mass is 79.9. The second-order valence-corrected chi connectivity index (χ2v) is 4.54. The molecule has 0 unspecified atom stereocenters. The summed E-state index contributed by atoms with van der Waals surface area (Å²) >= 11 is 3.30. The predicted octanol–water partition coefficient (Wildman–Crippen LogP) is 2.03. The van der Waals surface area contributed by atoms with Crippen LogP contribution in [-0.2, 0) is 0 Å². The Morgan fingerprint density at radius 3 is 2.83 bits per heavy atom. The van der Waals surface area contributed by atoms with Gasteiger partial charge < -0.3 is 21.2 Å². The number of hydrogen-bond acceptors (Lipinski definition) is 3. The van der Waals surface area contributed by atoms with Gasteiger partial charge in [0.15, 0.2) is 5.84 Å². The maximum Gasteiger partial charge on any atom is 0.321 e. The number of rotatable bonds is 3. The van der Waals surface area contributed by atoms with Gasteiger partial charge in [0.1, 0.15) is 0 Å². The molecule has 1 rings (SSSR count). The van der Waals surface area contributed by atoms with Crippen molar-refractivity contribution in [2.24, 2.45) is 10.9 Å². The van der Waals surface area contributed by atoms with Gasteiger partial charge in [0.05, 0.1) is 5.69 Å². The van der Waals surface area contributed by atoms with Crippen LogP contribution in [0.15, 0.2) is 27.8 Å². The molecule has 0 heterocycles. The first-order chi connectivity index (χ1) is 8.49. The van der Waals surface area contributed by atoms with Crippen molar-refractivity contribution in [3.63, 3.8) is 0 Å². The fourth-order valence-electron chi connectivity index (χ4n) is 1.25. The Balaban J connectivity index is 3.07. The largest absolute Gasteiger partial charge is 0.409 e. The highest BCUT2D eigenvalue weighted by Crippen LogP contribution is 2.21. The molecule has 1 aromatic rings. The maximum absolute atomic E-state index is 11.8. The van der Waals surface area contributed by atoms with Crippen LogP contribution in [0, 0.1) is 0 Å². The van der Waals surface area contributed by atoms with Crippen LogP contribution in [0.2, 0.25) is 0 Å². The van der Waals surface area contributed by atoms with Crippen molar-refractivity contribution in [2.45, 2.75) is 6.92 Å². The van der Waals surface area contributed by atoms with Crippen LogP contribution in [-0.4, -0.2) is 35.6 Å². The summed E-state index contributed by atoms with van der Waals surface area (Å²) in [5.41, 5.74) is 6.48. The number of urea groups is 1. The van der Waals surface area contributed by atoms with Crippen molar-refractivity contribution in [1.29, 1.82) is 0 Å². The molecular formula is C11H15BrN4O2. The van der Waals surface area contributed by atoms with E-state index < -0.39 is 0 Å². The minimum absolute atomic E-state index is 0.0584. The van der Waals surface area contributed by atoms with Gasteiger partial charge in [-0.05, 0) is 25.1 Å². The molecule has 0 aromatic heterocycles. The normalized spacial score (nSPS) is 11.2. The number of nitrogens with zero attached hydrogens (tertiary/aromatic N) is 2. The van der Waals surface area contributed by atoms with Gasteiger partial charge in [0.2, 0.25) is 0 Å². The van der Waals surface area contributed by atoms with Gasteiger partial charge in [-0.15, -0.1) is 0 Å². The molecule has 1 aromatic carbocycles. The lowest BCUT2D eigenvalue weighted by molar-refractivity contribution is 0.224. The van der Waals surface area contributed by atoms with Gasteiger partial charge in [-0.25, -0.2) is 4.79 Å². The average molecular weight is 315 g/mol. The maximum atomic E-state index is 11.8. The summed E-state index contributed by atoms with van der Waals surface area (Å²) in [6.45, 7) is 2.45. The fourth-order valence-corrected chi connectivity index (χ4v) is 1.61. The number of amidine groups is 1. The van der Waals surface area contributed by atoms with Crippen LogP contribution in [0.1, 0.15) is 12.5 Å². The Kier molecular flexibility index (Phi) is 4.96. The molecule has 7 heteroatoms. The molecular weight excluding hydrogens is 300 g/mol. The molecule has 0 fully saturated rings. The zero-order valence-electron chi connectivity index (χ0n) is 10.1. The molecule has 0 saturated heterocycles. The molecule has 6 nitrogen and oxygen atoms in total. The molecule has 0 atom stereocenters. The van der Waals surface area contributed by atoms with Gasteiger partial charge >= 0.3 is 6.03 Å². The quantitative estimate of drug-likeness (QED) is 0.345. The summed E-state index contributed by atoms with van der Waals surface area (Å²) in [7, 11) is 1.68. The summed E-state index contributed by atoms with van der Waals surface area (Å²) in [6.07, 6.45) is 0. The molecule has 0 aliphatic rings. The van der Waals surface area contributed by atoms with Crippen molar-refractivity contribution in [2.75, 3.05) is 18.9 Å². The summed E-state index contributed by atoms with van der Waals surface area (Å²) in [4.78, 5) is 13.3. The monoisotopic (exact) mass is 314 g/mol. The van der Waals surface area contributed by atoms with E-state index in [1.54, 1.807) is 25.2 Å². The van der Waals surface area contributed by atoms with E-state index in [-0.39, 0.29) is 11.9 Å². The van der Waals surface area contributed by atoms with Crippen molar-refractivity contribution >= 4 is 33.5 Å². The number of carbonyl (C=O) groups excluding carboxylic acids is 1. The van der Waals surface area contributed by atoms with Crippen molar-refractivity contribution in [1.82, 2.24) is 4.90 Å². The van der Waals surface area contributed by atoms with E-state index >= 15 is 0 Å². The molecule has 0 aliphatic carbocycles. The van der Waals surface area contributed by atoms with Crippen molar-refractivity contribution in [3.05, 3.63) is 28.2 Å². The van der Waals surface area contributed by atoms with E-state index in [0.717, 1.165) is 4.47 Å². The first-order valence-electron chi connectivity index (χ1n) is 5.29. The molecule has 98 valence electrons. The Morgan fingerprint density at radius 2 is 2.28 bits per heavy atom. The molecule has 0 aliphatic heterocycles. The van der Waals surface area contributed by atoms with Crippen LogP contribution in [0.4, 0.5) is 10.5 Å². The number of carbonyl (C=O) groups is 1. The van der Waals surface area contributed by atoms with Crippen LogP contribution >= 0.6 is 15.9 Å². The topological polar surface area (TPSA) is 91.0 Å². The van der Waals surface area contributed by atoms with Crippen LogP contribution in [0.25, 0.3) is 0 Å². The van der Waals surface area contributed by atoms with Crippen LogP contribution < -0.4 is 11.1 Å². The van der Waals surface area contributed by atoms with E-state index in [0.29, 0.717) is 17.8 Å². The van der Waals surface area contributed by atoms with Gasteiger partial charge in [-0.3, -0.25) is 0 Å². The average Bonchev–Trinajstić information content (AvgIpc) is 2.37. The van der Waals surface area contributed by atoms with E-state index in [2.05, 4.69) is 26.4 Å². The zero-order valence-corrected chi connectivity index (χ0v) is 11.7. The molecule has 0 radical (unpaired) electrons. The number of anilines is 1. The second-order valence-electron chi connectivity index (χ2n) is 3.62. The number of nitrogens with two attached hydrogens (primary N) is 1. The third-order valence-electron chi connectivity index (χ3n) is 2.43. The predicted molar refractivity (Wildman–Crippen MR) is 74.0 cm³/mol. The first kappa shape index (κ1) is 14.3. The lowest BCUT2D eigenvalue weighted by Gasteiger charge is -2.17. The minimum Gasteiger partial charge on any atom is -0.409 e. The highest BCUT2D eigenvalue weighted by molar-refractivity contribution is 9.10. The third-order valence-corrected chi connectivity index (χ3v) is 2.92. The summed E-state index contributed by atoms with van der Waals surface area (Å²) in [5.74, 6) is -0.0584. The Labute approximate surface area is 114 Å². The van der Waals surface area contributed by atoms with Gasteiger partial charge in [0, 0.05) is 23.6 Å². The van der Waals surface area contributed by atoms with Crippen LogP contribution in [0.3, 0.4) is 0 Å². The SMILES string of the molecule is CCN(C)C(=O)Nc1cc(Br)ccc1/C(N)=N/O. The van der Waals surface area contributed by atoms with E-state index in [9.17, 15) is 4.79 Å². The lowest BCUT2D eigenvalue weighted by atomic mass is 10.1.